The minimum atomic E-state index is -0.279. The summed E-state index contributed by atoms with van der Waals surface area (Å²) in [7, 11) is 2.04. The van der Waals surface area contributed by atoms with Crippen LogP contribution < -0.4 is 11.3 Å². The fourth-order valence-electron chi connectivity index (χ4n) is 1.98. The van der Waals surface area contributed by atoms with Gasteiger partial charge in [0.15, 0.2) is 0 Å². The molecule has 0 bridgehead atoms. The fraction of sp³-hybridized carbons (Fsp3) is 0.200. The van der Waals surface area contributed by atoms with Crippen molar-refractivity contribution in [2.45, 2.75) is 13.1 Å². The Bertz CT molecular complexity index is 554. The monoisotopic (exact) mass is 270 g/mol. The van der Waals surface area contributed by atoms with Crippen molar-refractivity contribution in [3.8, 4) is 0 Å². The predicted octanol–water partition coefficient (Wildman–Crippen LogP) is 1.32. The molecular weight excluding hydrogens is 252 g/mol. The van der Waals surface area contributed by atoms with E-state index in [4.69, 9.17) is 5.84 Å². The van der Waals surface area contributed by atoms with Gasteiger partial charge in [0, 0.05) is 24.8 Å². The SMILES string of the molecule is CN(Cc1ccc(C(=O)NN)cc1)Cc1ccccn1. The largest absolute Gasteiger partial charge is 0.296 e. The first-order chi connectivity index (χ1) is 9.69. The molecule has 0 unspecified atom stereocenters. The molecule has 1 heterocycles. The van der Waals surface area contributed by atoms with Gasteiger partial charge in [0.25, 0.3) is 5.91 Å². The van der Waals surface area contributed by atoms with Crippen LogP contribution in [0.25, 0.3) is 0 Å². The van der Waals surface area contributed by atoms with Crippen LogP contribution in [-0.2, 0) is 13.1 Å². The molecule has 0 saturated heterocycles. The van der Waals surface area contributed by atoms with E-state index in [0.29, 0.717) is 5.56 Å². The highest BCUT2D eigenvalue weighted by molar-refractivity contribution is 5.93. The summed E-state index contributed by atoms with van der Waals surface area (Å²) < 4.78 is 0. The number of hydrogen-bond donors (Lipinski definition) is 2. The quantitative estimate of drug-likeness (QED) is 0.488. The van der Waals surface area contributed by atoms with Crippen LogP contribution in [0.1, 0.15) is 21.6 Å². The summed E-state index contributed by atoms with van der Waals surface area (Å²) in [6.07, 6.45) is 1.80. The van der Waals surface area contributed by atoms with Crippen LogP contribution in [0.4, 0.5) is 0 Å². The number of hydrogen-bond acceptors (Lipinski definition) is 4. The zero-order valence-corrected chi connectivity index (χ0v) is 11.4. The van der Waals surface area contributed by atoms with E-state index in [0.717, 1.165) is 24.3 Å². The van der Waals surface area contributed by atoms with Crippen molar-refractivity contribution in [1.82, 2.24) is 15.3 Å². The first-order valence-corrected chi connectivity index (χ1v) is 6.37. The Kier molecular flexibility index (Phi) is 4.81. The van der Waals surface area contributed by atoms with Crippen molar-refractivity contribution in [2.75, 3.05) is 7.05 Å². The molecule has 104 valence electrons. The van der Waals surface area contributed by atoms with Gasteiger partial charge in [-0.2, -0.15) is 0 Å². The number of carbonyl (C=O) groups excluding carboxylic acids is 1. The molecule has 5 heteroatoms. The summed E-state index contributed by atoms with van der Waals surface area (Å²) >= 11 is 0. The molecule has 0 aliphatic heterocycles. The fourth-order valence-corrected chi connectivity index (χ4v) is 1.98. The molecule has 3 N–H and O–H groups in total. The number of nitrogens with zero attached hydrogens (tertiary/aromatic N) is 2. The lowest BCUT2D eigenvalue weighted by Crippen LogP contribution is -2.29. The third kappa shape index (κ3) is 3.88. The minimum Gasteiger partial charge on any atom is -0.296 e. The number of rotatable bonds is 5. The van der Waals surface area contributed by atoms with E-state index in [1.54, 1.807) is 18.3 Å². The van der Waals surface area contributed by atoms with Gasteiger partial charge in [0.1, 0.15) is 0 Å². The van der Waals surface area contributed by atoms with Gasteiger partial charge in [0.2, 0.25) is 0 Å². The lowest BCUT2D eigenvalue weighted by atomic mass is 10.1. The molecule has 20 heavy (non-hydrogen) atoms. The molecule has 5 nitrogen and oxygen atoms in total. The van der Waals surface area contributed by atoms with Crippen molar-refractivity contribution in [1.29, 1.82) is 0 Å². The summed E-state index contributed by atoms with van der Waals surface area (Å²) in [6.45, 7) is 1.58. The first-order valence-electron chi connectivity index (χ1n) is 6.37. The Morgan fingerprint density at radius 2 is 1.95 bits per heavy atom. The number of pyridine rings is 1. The zero-order valence-electron chi connectivity index (χ0n) is 11.4. The topological polar surface area (TPSA) is 71.2 Å². The second-order valence-electron chi connectivity index (χ2n) is 4.66. The van der Waals surface area contributed by atoms with E-state index < -0.39 is 0 Å². The second-order valence-corrected chi connectivity index (χ2v) is 4.66. The van der Waals surface area contributed by atoms with Crippen molar-refractivity contribution >= 4 is 5.91 Å². The highest BCUT2D eigenvalue weighted by Crippen LogP contribution is 2.08. The second kappa shape index (κ2) is 6.79. The number of amides is 1. The van der Waals surface area contributed by atoms with Crippen molar-refractivity contribution < 1.29 is 4.79 Å². The molecule has 2 rings (SSSR count). The molecule has 0 spiro atoms. The van der Waals surface area contributed by atoms with Crippen LogP contribution in [0.3, 0.4) is 0 Å². The van der Waals surface area contributed by atoms with E-state index in [1.807, 2.05) is 37.4 Å². The number of nitrogens with two attached hydrogens (primary N) is 1. The highest BCUT2D eigenvalue weighted by atomic mass is 16.2. The van der Waals surface area contributed by atoms with Gasteiger partial charge in [0.05, 0.1) is 5.69 Å². The smallest absolute Gasteiger partial charge is 0.265 e. The Balaban J connectivity index is 1.94. The molecule has 1 amide bonds. The highest BCUT2D eigenvalue weighted by Gasteiger charge is 2.05. The van der Waals surface area contributed by atoms with Crippen LogP contribution in [0.15, 0.2) is 48.7 Å². The van der Waals surface area contributed by atoms with Gasteiger partial charge in [-0.05, 0) is 36.9 Å². The van der Waals surface area contributed by atoms with E-state index in [9.17, 15) is 4.79 Å². The molecule has 0 fully saturated rings. The average Bonchev–Trinajstić information content (AvgIpc) is 2.48. The lowest BCUT2D eigenvalue weighted by molar-refractivity contribution is 0.0953. The average molecular weight is 270 g/mol. The number of carbonyl (C=O) groups is 1. The van der Waals surface area contributed by atoms with Gasteiger partial charge in [-0.25, -0.2) is 5.84 Å². The molecule has 0 saturated carbocycles. The van der Waals surface area contributed by atoms with E-state index in [-0.39, 0.29) is 5.91 Å². The van der Waals surface area contributed by atoms with Crippen LogP contribution in [0.5, 0.6) is 0 Å². The summed E-state index contributed by atoms with van der Waals surface area (Å²) in [5.74, 6) is 4.81. The molecular formula is C15H18N4O. The molecule has 0 radical (unpaired) electrons. The Morgan fingerprint density at radius 1 is 1.20 bits per heavy atom. The Morgan fingerprint density at radius 3 is 2.55 bits per heavy atom. The van der Waals surface area contributed by atoms with Crippen molar-refractivity contribution in [2.24, 2.45) is 5.84 Å². The van der Waals surface area contributed by atoms with Gasteiger partial charge in [-0.15, -0.1) is 0 Å². The Hall–Kier alpha value is -2.24. The molecule has 1 aromatic heterocycles. The van der Waals surface area contributed by atoms with Gasteiger partial charge in [-0.3, -0.25) is 20.1 Å². The normalized spacial score (nSPS) is 10.6. The van der Waals surface area contributed by atoms with Crippen LogP contribution in [0, 0.1) is 0 Å². The summed E-state index contributed by atoms with van der Waals surface area (Å²) in [5.41, 5.74) is 4.85. The number of hydrazine groups is 1. The Labute approximate surface area is 118 Å². The molecule has 1 aromatic carbocycles. The van der Waals surface area contributed by atoms with Gasteiger partial charge < -0.3 is 0 Å². The van der Waals surface area contributed by atoms with Gasteiger partial charge in [-0.1, -0.05) is 18.2 Å². The van der Waals surface area contributed by atoms with E-state index >= 15 is 0 Å². The number of aromatic nitrogens is 1. The summed E-state index contributed by atoms with van der Waals surface area (Å²) in [4.78, 5) is 17.8. The summed E-state index contributed by atoms with van der Waals surface area (Å²) in [6, 6.07) is 13.3. The van der Waals surface area contributed by atoms with Crippen LogP contribution in [-0.4, -0.2) is 22.8 Å². The standard InChI is InChI=1S/C15H18N4O/c1-19(11-14-4-2-3-9-17-14)10-12-5-7-13(8-6-12)15(20)18-16/h2-9H,10-11,16H2,1H3,(H,18,20). The van der Waals surface area contributed by atoms with Crippen molar-refractivity contribution in [3.63, 3.8) is 0 Å². The molecule has 2 aromatic rings. The number of benzene rings is 1. The maximum Gasteiger partial charge on any atom is 0.265 e. The predicted molar refractivity (Wildman–Crippen MR) is 77.5 cm³/mol. The van der Waals surface area contributed by atoms with Crippen molar-refractivity contribution in [3.05, 3.63) is 65.5 Å². The molecule has 0 aliphatic carbocycles. The van der Waals surface area contributed by atoms with E-state index in [2.05, 4.69) is 15.3 Å². The van der Waals surface area contributed by atoms with Crippen LogP contribution >= 0.6 is 0 Å². The summed E-state index contributed by atoms with van der Waals surface area (Å²) in [5, 5.41) is 0. The minimum absolute atomic E-state index is 0.279. The first kappa shape index (κ1) is 14.2. The third-order valence-corrected chi connectivity index (χ3v) is 2.96. The van der Waals surface area contributed by atoms with E-state index in [1.165, 1.54) is 0 Å². The number of nitrogen functional groups attached to an aromatic ring is 1. The maximum absolute atomic E-state index is 11.3. The van der Waals surface area contributed by atoms with Gasteiger partial charge >= 0.3 is 0 Å². The third-order valence-electron chi connectivity index (χ3n) is 2.96. The lowest BCUT2D eigenvalue weighted by Gasteiger charge is -2.16. The molecule has 0 aliphatic rings. The maximum atomic E-state index is 11.3. The molecule has 0 atom stereocenters. The van der Waals surface area contributed by atoms with Crippen LogP contribution in [0.2, 0.25) is 0 Å². The number of nitrogens with one attached hydrogen (secondary N) is 1. The zero-order chi connectivity index (χ0) is 14.4.